The lowest BCUT2D eigenvalue weighted by Gasteiger charge is -2.25. The predicted molar refractivity (Wildman–Crippen MR) is 83.8 cm³/mol. The van der Waals surface area contributed by atoms with Gasteiger partial charge in [0.1, 0.15) is 0 Å². The molecule has 0 amide bonds. The van der Waals surface area contributed by atoms with E-state index in [9.17, 15) is 0 Å². The molecule has 1 unspecified atom stereocenters. The minimum atomic E-state index is 0.751. The first-order chi connectivity index (χ1) is 9.10. The van der Waals surface area contributed by atoms with Crippen molar-refractivity contribution in [3.05, 3.63) is 29.3 Å². The van der Waals surface area contributed by atoms with Crippen molar-refractivity contribution in [1.29, 1.82) is 0 Å². The Morgan fingerprint density at radius 3 is 2.68 bits per heavy atom. The lowest BCUT2D eigenvalue weighted by atomic mass is 10.1. The van der Waals surface area contributed by atoms with Crippen LogP contribution in [0.25, 0.3) is 0 Å². The third-order valence-corrected chi connectivity index (χ3v) is 4.13. The maximum absolute atomic E-state index is 3.58. The van der Waals surface area contributed by atoms with Gasteiger partial charge in [0, 0.05) is 31.9 Å². The molecule has 0 bridgehead atoms. The summed E-state index contributed by atoms with van der Waals surface area (Å²) in [7, 11) is 2.20. The van der Waals surface area contributed by atoms with E-state index in [2.05, 4.69) is 56.2 Å². The lowest BCUT2D eigenvalue weighted by molar-refractivity contribution is 0.559. The van der Waals surface area contributed by atoms with Gasteiger partial charge >= 0.3 is 0 Å². The van der Waals surface area contributed by atoms with Gasteiger partial charge in [-0.05, 0) is 42.9 Å². The van der Waals surface area contributed by atoms with Gasteiger partial charge in [-0.1, -0.05) is 32.4 Å². The van der Waals surface area contributed by atoms with E-state index < -0.39 is 0 Å². The molecule has 1 saturated carbocycles. The van der Waals surface area contributed by atoms with Gasteiger partial charge in [0.2, 0.25) is 0 Å². The summed E-state index contributed by atoms with van der Waals surface area (Å²) in [5.41, 5.74) is 4.17. The molecule has 2 rings (SSSR count). The van der Waals surface area contributed by atoms with Gasteiger partial charge in [-0.15, -0.1) is 0 Å². The summed E-state index contributed by atoms with van der Waals surface area (Å²) < 4.78 is 0. The number of hydrogen-bond donors (Lipinski definition) is 1. The Hall–Kier alpha value is -1.02. The molecule has 0 spiro atoms. The van der Waals surface area contributed by atoms with E-state index in [4.69, 9.17) is 0 Å². The van der Waals surface area contributed by atoms with Crippen LogP contribution in [0.5, 0.6) is 0 Å². The third-order valence-electron chi connectivity index (χ3n) is 4.13. The van der Waals surface area contributed by atoms with Gasteiger partial charge < -0.3 is 10.2 Å². The average molecular weight is 260 g/mol. The van der Waals surface area contributed by atoms with Crippen molar-refractivity contribution in [3.63, 3.8) is 0 Å². The molecule has 1 fully saturated rings. The van der Waals surface area contributed by atoms with E-state index in [1.54, 1.807) is 0 Å². The minimum absolute atomic E-state index is 0.751. The quantitative estimate of drug-likeness (QED) is 0.803. The molecular formula is C17H28N2. The Bertz CT molecular complexity index is 410. The van der Waals surface area contributed by atoms with E-state index in [1.807, 2.05) is 0 Å². The average Bonchev–Trinajstić information content (AvgIpc) is 3.20. The highest BCUT2D eigenvalue weighted by Crippen LogP contribution is 2.23. The second-order valence-corrected chi connectivity index (χ2v) is 6.17. The summed E-state index contributed by atoms with van der Waals surface area (Å²) in [6.07, 6.45) is 3.95. The monoisotopic (exact) mass is 260 g/mol. The van der Waals surface area contributed by atoms with Crippen molar-refractivity contribution in [2.45, 2.75) is 52.6 Å². The smallest absolute Gasteiger partial charge is 0.0393 e. The molecule has 1 aliphatic carbocycles. The number of benzene rings is 1. The van der Waals surface area contributed by atoms with Crippen LogP contribution in [0, 0.1) is 12.8 Å². The first-order valence-corrected chi connectivity index (χ1v) is 7.64. The molecule has 2 heteroatoms. The maximum atomic E-state index is 3.58. The van der Waals surface area contributed by atoms with Crippen molar-refractivity contribution >= 4 is 5.69 Å². The predicted octanol–water partition coefficient (Wildman–Crippen LogP) is 3.73. The fraction of sp³-hybridized carbons (Fsp3) is 0.647. The van der Waals surface area contributed by atoms with Crippen LogP contribution < -0.4 is 10.2 Å². The summed E-state index contributed by atoms with van der Waals surface area (Å²) in [6.45, 7) is 8.96. The van der Waals surface area contributed by atoms with Gasteiger partial charge in [0.25, 0.3) is 0 Å². The Morgan fingerprint density at radius 1 is 1.37 bits per heavy atom. The first-order valence-electron chi connectivity index (χ1n) is 7.64. The Balaban J connectivity index is 1.96. The molecule has 0 heterocycles. The van der Waals surface area contributed by atoms with E-state index in [1.165, 1.54) is 36.1 Å². The molecule has 1 aromatic rings. The lowest BCUT2D eigenvalue weighted by Crippen LogP contribution is -2.24. The maximum Gasteiger partial charge on any atom is 0.0393 e. The van der Waals surface area contributed by atoms with Gasteiger partial charge in [-0.25, -0.2) is 0 Å². The fourth-order valence-corrected chi connectivity index (χ4v) is 2.50. The first kappa shape index (κ1) is 14.4. The molecule has 0 radical (unpaired) electrons. The molecule has 0 aliphatic heterocycles. The zero-order chi connectivity index (χ0) is 13.8. The van der Waals surface area contributed by atoms with Gasteiger partial charge in [0.15, 0.2) is 0 Å². The summed E-state index contributed by atoms with van der Waals surface area (Å²) >= 11 is 0. The second kappa shape index (κ2) is 6.42. The van der Waals surface area contributed by atoms with Crippen LogP contribution in [-0.4, -0.2) is 19.6 Å². The third kappa shape index (κ3) is 4.24. The largest absolute Gasteiger partial charge is 0.374 e. The second-order valence-electron chi connectivity index (χ2n) is 6.17. The minimum Gasteiger partial charge on any atom is -0.374 e. The van der Waals surface area contributed by atoms with Crippen molar-refractivity contribution in [1.82, 2.24) is 5.32 Å². The number of nitrogens with one attached hydrogen (secondary N) is 1. The van der Waals surface area contributed by atoms with Crippen molar-refractivity contribution in [3.8, 4) is 0 Å². The van der Waals surface area contributed by atoms with Crippen LogP contribution >= 0.6 is 0 Å². The highest BCUT2D eigenvalue weighted by atomic mass is 15.1. The Labute approximate surface area is 118 Å². The van der Waals surface area contributed by atoms with Gasteiger partial charge in [-0.2, -0.15) is 0 Å². The van der Waals surface area contributed by atoms with Crippen LogP contribution in [0.15, 0.2) is 18.2 Å². The highest BCUT2D eigenvalue weighted by molar-refractivity contribution is 5.54. The topological polar surface area (TPSA) is 15.3 Å². The van der Waals surface area contributed by atoms with Crippen molar-refractivity contribution in [2.24, 2.45) is 5.92 Å². The van der Waals surface area contributed by atoms with Crippen molar-refractivity contribution < 1.29 is 0 Å². The van der Waals surface area contributed by atoms with Gasteiger partial charge in [-0.3, -0.25) is 0 Å². The molecule has 19 heavy (non-hydrogen) atoms. The summed E-state index contributed by atoms with van der Waals surface area (Å²) in [5, 5.41) is 3.58. The summed E-state index contributed by atoms with van der Waals surface area (Å²) in [4.78, 5) is 2.39. The van der Waals surface area contributed by atoms with Gasteiger partial charge in [0.05, 0.1) is 0 Å². The number of rotatable bonds is 7. The SMILES string of the molecule is CCC(C)CN(C)c1ccc(CNC2CC2)cc1C. The normalized spacial score (nSPS) is 16.4. The number of nitrogens with zero attached hydrogens (tertiary/aromatic N) is 1. The van der Waals surface area contributed by atoms with Crippen molar-refractivity contribution in [2.75, 3.05) is 18.5 Å². The molecule has 1 aliphatic rings. The molecule has 2 nitrogen and oxygen atoms in total. The zero-order valence-corrected chi connectivity index (χ0v) is 12.9. The molecule has 0 saturated heterocycles. The van der Waals surface area contributed by atoms with Crippen LogP contribution in [0.1, 0.15) is 44.2 Å². The fourth-order valence-electron chi connectivity index (χ4n) is 2.50. The number of hydrogen-bond acceptors (Lipinski definition) is 2. The molecule has 1 N–H and O–H groups in total. The molecule has 1 aromatic carbocycles. The van der Waals surface area contributed by atoms with Crippen LogP contribution in [0.4, 0.5) is 5.69 Å². The number of aryl methyl sites for hydroxylation is 1. The Kier molecular flexibility index (Phi) is 4.87. The van der Waals surface area contributed by atoms with Crippen LogP contribution in [-0.2, 0) is 6.54 Å². The summed E-state index contributed by atoms with van der Waals surface area (Å²) in [6, 6.07) is 7.66. The van der Waals surface area contributed by atoms with E-state index in [-0.39, 0.29) is 0 Å². The standard InChI is InChI=1S/C17H28N2/c1-5-13(2)12-19(4)17-9-6-15(10-14(17)3)11-18-16-7-8-16/h6,9-10,13,16,18H,5,7-8,11-12H2,1-4H3. The molecule has 1 atom stereocenters. The highest BCUT2D eigenvalue weighted by Gasteiger charge is 2.20. The molecule has 106 valence electrons. The molecule has 0 aromatic heterocycles. The number of anilines is 1. The van der Waals surface area contributed by atoms with Crippen LogP contribution in [0.3, 0.4) is 0 Å². The summed E-state index contributed by atoms with van der Waals surface area (Å²) in [5.74, 6) is 0.751. The van der Waals surface area contributed by atoms with E-state index in [0.29, 0.717) is 0 Å². The van der Waals surface area contributed by atoms with E-state index >= 15 is 0 Å². The molecular weight excluding hydrogens is 232 g/mol. The van der Waals surface area contributed by atoms with Crippen LogP contribution in [0.2, 0.25) is 0 Å². The zero-order valence-electron chi connectivity index (χ0n) is 12.9. The Morgan fingerprint density at radius 2 is 2.11 bits per heavy atom. The van der Waals surface area contributed by atoms with E-state index in [0.717, 1.165) is 25.0 Å².